The minimum atomic E-state index is -0.437. The van der Waals surface area contributed by atoms with Crippen molar-refractivity contribution >= 4 is 28.9 Å². The number of rotatable bonds is 1. The van der Waals surface area contributed by atoms with Gasteiger partial charge in [0, 0.05) is 19.6 Å². The fraction of sp³-hybridized carbons (Fsp3) is 0.500. The fourth-order valence-corrected chi connectivity index (χ4v) is 2.65. The third kappa shape index (κ3) is 2.32. The lowest BCUT2D eigenvalue weighted by atomic mass is 10.2. The summed E-state index contributed by atoms with van der Waals surface area (Å²) in [5.74, 6) is 1.46. The number of nitrogens with zero attached hydrogens (tertiary/aromatic N) is 1. The van der Waals surface area contributed by atoms with E-state index in [-0.39, 0.29) is 5.50 Å². The van der Waals surface area contributed by atoms with Crippen LogP contribution in [0.25, 0.3) is 0 Å². The van der Waals surface area contributed by atoms with E-state index in [1.165, 1.54) is 0 Å². The molecule has 1 fully saturated rings. The molecule has 2 unspecified atom stereocenters. The van der Waals surface area contributed by atoms with E-state index < -0.39 is 5.56 Å². The summed E-state index contributed by atoms with van der Waals surface area (Å²) < 4.78 is 11.2. The summed E-state index contributed by atoms with van der Waals surface area (Å²) in [6.07, 6.45) is 0. The molecule has 3 rings (SSSR count). The van der Waals surface area contributed by atoms with Crippen LogP contribution < -0.4 is 19.7 Å². The van der Waals surface area contributed by atoms with Gasteiger partial charge >= 0.3 is 0 Å². The highest BCUT2D eigenvalue weighted by molar-refractivity contribution is 6.20. The van der Waals surface area contributed by atoms with Crippen molar-refractivity contribution < 1.29 is 9.47 Å². The van der Waals surface area contributed by atoms with Crippen molar-refractivity contribution in [2.75, 3.05) is 31.1 Å². The summed E-state index contributed by atoms with van der Waals surface area (Å²) in [7, 11) is 0. The predicted molar refractivity (Wildman–Crippen MR) is 72.1 cm³/mol. The Bertz CT molecular complexity index is 444. The predicted octanol–water partition coefficient (Wildman–Crippen LogP) is 2.00. The maximum Gasteiger partial charge on any atom is 0.206 e. The van der Waals surface area contributed by atoms with Crippen LogP contribution in [-0.4, -0.2) is 37.3 Å². The van der Waals surface area contributed by atoms with Gasteiger partial charge in [0.1, 0.15) is 12.1 Å². The number of fused-ring (bicyclic) bond motifs is 1. The minimum absolute atomic E-state index is 0.0501. The van der Waals surface area contributed by atoms with Crippen LogP contribution in [-0.2, 0) is 0 Å². The number of hydrogen-bond acceptors (Lipinski definition) is 4. The normalized spacial score (nSPS) is 27.1. The minimum Gasteiger partial charge on any atom is -0.484 e. The Balaban J connectivity index is 1.92. The first-order chi connectivity index (χ1) is 8.74. The van der Waals surface area contributed by atoms with Gasteiger partial charge in [0.25, 0.3) is 0 Å². The molecule has 0 aliphatic carbocycles. The van der Waals surface area contributed by atoms with E-state index in [0.717, 1.165) is 36.8 Å². The SMILES string of the molecule is ClC1CN(c2cccc3c2OC(Cl)CO3)CCN1. The van der Waals surface area contributed by atoms with Crippen molar-refractivity contribution in [2.24, 2.45) is 0 Å². The second-order valence-electron chi connectivity index (χ2n) is 4.31. The number of anilines is 1. The highest BCUT2D eigenvalue weighted by Gasteiger charge is 2.26. The number of hydrogen-bond donors (Lipinski definition) is 1. The van der Waals surface area contributed by atoms with Gasteiger partial charge in [-0.3, -0.25) is 5.32 Å². The Morgan fingerprint density at radius 1 is 1.33 bits per heavy atom. The number of nitrogens with one attached hydrogen (secondary N) is 1. The quantitative estimate of drug-likeness (QED) is 0.633. The molecule has 0 amide bonds. The number of para-hydroxylation sites is 1. The first-order valence-electron chi connectivity index (χ1n) is 5.93. The molecule has 4 nitrogen and oxygen atoms in total. The maximum absolute atomic E-state index is 6.12. The molecule has 0 radical (unpaired) electrons. The van der Waals surface area contributed by atoms with E-state index in [0.29, 0.717) is 6.61 Å². The molecule has 2 aliphatic heterocycles. The van der Waals surface area contributed by atoms with Crippen LogP contribution in [0.1, 0.15) is 0 Å². The Hall–Kier alpha value is -0.840. The number of ether oxygens (including phenoxy) is 2. The molecular formula is C12H14Cl2N2O2. The van der Waals surface area contributed by atoms with Crippen molar-refractivity contribution in [1.82, 2.24) is 5.32 Å². The van der Waals surface area contributed by atoms with Crippen LogP contribution in [0.4, 0.5) is 5.69 Å². The van der Waals surface area contributed by atoms with E-state index in [9.17, 15) is 0 Å². The molecule has 1 saturated heterocycles. The summed E-state index contributed by atoms with van der Waals surface area (Å²) >= 11 is 12.1. The van der Waals surface area contributed by atoms with Gasteiger partial charge < -0.3 is 14.4 Å². The average Bonchev–Trinajstić information content (AvgIpc) is 2.38. The fourth-order valence-electron chi connectivity index (χ4n) is 2.23. The van der Waals surface area contributed by atoms with E-state index >= 15 is 0 Å². The van der Waals surface area contributed by atoms with Crippen LogP contribution in [0.5, 0.6) is 11.5 Å². The van der Waals surface area contributed by atoms with Gasteiger partial charge in [0.05, 0.1) is 5.69 Å². The molecule has 0 bridgehead atoms. The lowest BCUT2D eigenvalue weighted by Crippen LogP contribution is -2.48. The monoisotopic (exact) mass is 288 g/mol. The van der Waals surface area contributed by atoms with Gasteiger partial charge in [-0.15, -0.1) is 11.6 Å². The standard InChI is InChI=1S/C12H14Cl2N2O2/c13-10-6-16(5-4-15-10)8-2-1-3-9-12(8)18-11(14)7-17-9/h1-3,10-11,15H,4-7H2. The van der Waals surface area contributed by atoms with E-state index in [1.54, 1.807) is 0 Å². The van der Waals surface area contributed by atoms with Crippen molar-refractivity contribution in [3.05, 3.63) is 18.2 Å². The van der Waals surface area contributed by atoms with Gasteiger partial charge in [0.2, 0.25) is 5.56 Å². The van der Waals surface area contributed by atoms with Gasteiger partial charge in [-0.25, -0.2) is 0 Å². The number of benzene rings is 1. The zero-order chi connectivity index (χ0) is 12.5. The van der Waals surface area contributed by atoms with Crippen LogP contribution in [0, 0.1) is 0 Å². The van der Waals surface area contributed by atoms with Crippen LogP contribution in [0.15, 0.2) is 18.2 Å². The summed E-state index contributed by atoms with van der Waals surface area (Å²) in [4.78, 5) is 2.19. The zero-order valence-electron chi connectivity index (χ0n) is 9.73. The molecular weight excluding hydrogens is 275 g/mol. The largest absolute Gasteiger partial charge is 0.484 e. The summed E-state index contributed by atoms with van der Waals surface area (Å²) in [5, 5.41) is 3.20. The highest BCUT2D eigenvalue weighted by Crippen LogP contribution is 2.41. The molecule has 98 valence electrons. The lowest BCUT2D eigenvalue weighted by molar-refractivity contribution is 0.144. The zero-order valence-corrected chi connectivity index (χ0v) is 11.2. The van der Waals surface area contributed by atoms with Crippen molar-refractivity contribution in [1.29, 1.82) is 0 Å². The molecule has 1 N–H and O–H groups in total. The molecule has 2 atom stereocenters. The first-order valence-corrected chi connectivity index (χ1v) is 6.80. The lowest BCUT2D eigenvalue weighted by Gasteiger charge is -2.35. The van der Waals surface area contributed by atoms with Gasteiger partial charge in [-0.1, -0.05) is 17.7 Å². The van der Waals surface area contributed by atoms with E-state index in [4.69, 9.17) is 32.7 Å². The third-order valence-corrected chi connectivity index (χ3v) is 3.55. The molecule has 2 heterocycles. The van der Waals surface area contributed by atoms with Crippen LogP contribution >= 0.6 is 23.2 Å². The van der Waals surface area contributed by atoms with Gasteiger partial charge in [-0.2, -0.15) is 0 Å². The van der Waals surface area contributed by atoms with E-state index in [2.05, 4.69) is 10.2 Å². The second kappa shape index (κ2) is 5.03. The summed E-state index contributed by atoms with van der Waals surface area (Å²) in [6, 6.07) is 5.85. The molecule has 6 heteroatoms. The van der Waals surface area contributed by atoms with Gasteiger partial charge in [-0.05, 0) is 12.1 Å². The molecule has 0 saturated carbocycles. The highest BCUT2D eigenvalue weighted by atomic mass is 35.5. The molecule has 2 aliphatic rings. The van der Waals surface area contributed by atoms with Crippen molar-refractivity contribution in [3.63, 3.8) is 0 Å². The Morgan fingerprint density at radius 2 is 2.22 bits per heavy atom. The molecule has 0 spiro atoms. The van der Waals surface area contributed by atoms with Gasteiger partial charge in [0.15, 0.2) is 11.5 Å². The average molecular weight is 289 g/mol. The molecule has 18 heavy (non-hydrogen) atoms. The maximum atomic E-state index is 6.12. The number of alkyl halides is 2. The molecule has 1 aromatic rings. The number of piperazine rings is 1. The number of halogens is 2. The third-order valence-electron chi connectivity index (χ3n) is 3.04. The topological polar surface area (TPSA) is 33.7 Å². The smallest absolute Gasteiger partial charge is 0.206 e. The Morgan fingerprint density at radius 3 is 3.06 bits per heavy atom. The molecule has 0 aromatic heterocycles. The van der Waals surface area contributed by atoms with Crippen LogP contribution in [0.2, 0.25) is 0 Å². The summed E-state index contributed by atoms with van der Waals surface area (Å²) in [6.45, 7) is 2.84. The molecule has 1 aromatic carbocycles. The van der Waals surface area contributed by atoms with Crippen molar-refractivity contribution in [3.8, 4) is 11.5 Å². The Kier molecular flexibility index (Phi) is 3.41. The second-order valence-corrected chi connectivity index (χ2v) is 5.32. The van der Waals surface area contributed by atoms with E-state index in [1.807, 2.05) is 18.2 Å². The van der Waals surface area contributed by atoms with Crippen LogP contribution in [0.3, 0.4) is 0 Å². The Labute approximate surface area is 116 Å². The summed E-state index contributed by atoms with van der Waals surface area (Å²) in [5.41, 5.74) is 0.504. The van der Waals surface area contributed by atoms with Crippen molar-refractivity contribution in [2.45, 2.75) is 11.1 Å². The first kappa shape index (κ1) is 12.2.